The van der Waals surface area contributed by atoms with Gasteiger partial charge in [0.15, 0.2) is 0 Å². The van der Waals surface area contributed by atoms with E-state index >= 15 is 0 Å². The Kier molecular flexibility index (Phi) is 3.57. The molecule has 0 bridgehead atoms. The number of carbonyl (C=O) groups is 1. The summed E-state index contributed by atoms with van der Waals surface area (Å²) < 4.78 is 1.15. The van der Waals surface area contributed by atoms with Gasteiger partial charge >= 0.3 is 5.69 Å². The minimum Gasteiger partial charge on any atom is -0.388 e. The summed E-state index contributed by atoms with van der Waals surface area (Å²) >= 11 is 0. The number of H-pyrrole nitrogens is 1. The van der Waals surface area contributed by atoms with E-state index in [2.05, 4.69) is 4.98 Å². The third kappa shape index (κ3) is 3.31. The van der Waals surface area contributed by atoms with Crippen molar-refractivity contribution in [2.24, 2.45) is 0 Å². The second-order valence-corrected chi connectivity index (χ2v) is 5.15. The lowest BCUT2D eigenvalue weighted by Gasteiger charge is -2.36. The molecule has 1 aromatic rings. The van der Waals surface area contributed by atoms with Crippen molar-refractivity contribution in [2.75, 3.05) is 13.1 Å². The van der Waals surface area contributed by atoms with Gasteiger partial charge in [-0.25, -0.2) is 4.79 Å². The number of hydrogen-bond donors (Lipinski definition) is 2. The number of aromatic nitrogens is 2. The van der Waals surface area contributed by atoms with Gasteiger partial charge in [-0.2, -0.15) is 0 Å². The SMILES string of the molecule is CC1(O)CCCN(C(=O)Cn2ccc(=O)[nH]c2=O)C1. The quantitative estimate of drug-likeness (QED) is 0.711. The molecule has 7 heteroatoms. The number of aliphatic hydroxyl groups is 1. The van der Waals surface area contributed by atoms with Gasteiger partial charge in [-0.15, -0.1) is 0 Å². The first-order valence-corrected chi connectivity index (χ1v) is 6.17. The Bertz CT molecular complexity index is 587. The zero-order chi connectivity index (χ0) is 14.0. The predicted octanol–water partition coefficient (Wildman–Crippen LogP) is -1.09. The molecule has 1 amide bonds. The van der Waals surface area contributed by atoms with Gasteiger partial charge in [0.25, 0.3) is 5.56 Å². The maximum atomic E-state index is 12.1. The number of amides is 1. The number of aromatic amines is 1. The van der Waals surface area contributed by atoms with Crippen molar-refractivity contribution in [3.8, 4) is 0 Å². The van der Waals surface area contributed by atoms with E-state index in [-0.39, 0.29) is 19.0 Å². The molecule has 0 spiro atoms. The molecule has 19 heavy (non-hydrogen) atoms. The van der Waals surface area contributed by atoms with Crippen LogP contribution in [0.15, 0.2) is 21.9 Å². The highest BCUT2D eigenvalue weighted by Crippen LogP contribution is 2.20. The number of β-amino-alcohol motifs (C(OH)–C–C–N with tert-alkyl or cyclic N) is 1. The lowest BCUT2D eigenvalue weighted by molar-refractivity contribution is -0.138. The number of nitrogens with one attached hydrogen (secondary N) is 1. The normalized spacial score (nSPS) is 23.4. The Morgan fingerprint density at radius 3 is 2.89 bits per heavy atom. The summed E-state index contributed by atoms with van der Waals surface area (Å²) in [5.74, 6) is -0.242. The van der Waals surface area contributed by atoms with Crippen LogP contribution in [0.3, 0.4) is 0 Å². The van der Waals surface area contributed by atoms with Crippen molar-refractivity contribution >= 4 is 5.91 Å². The Morgan fingerprint density at radius 2 is 2.26 bits per heavy atom. The lowest BCUT2D eigenvalue weighted by atomic mass is 9.95. The van der Waals surface area contributed by atoms with Gasteiger partial charge in [0.1, 0.15) is 6.54 Å². The molecule has 1 atom stereocenters. The predicted molar refractivity (Wildman–Crippen MR) is 67.8 cm³/mol. The van der Waals surface area contributed by atoms with Crippen LogP contribution in [0.4, 0.5) is 0 Å². The van der Waals surface area contributed by atoms with Crippen LogP contribution in [0.5, 0.6) is 0 Å². The van der Waals surface area contributed by atoms with Gasteiger partial charge in [0.05, 0.1) is 5.60 Å². The van der Waals surface area contributed by atoms with Crippen molar-refractivity contribution in [2.45, 2.75) is 31.9 Å². The molecule has 2 rings (SSSR count). The molecule has 1 saturated heterocycles. The zero-order valence-corrected chi connectivity index (χ0v) is 10.8. The molecule has 2 heterocycles. The van der Waals surface area contributed by atoms with Crippen molar-refractivity contribution in [1.29, 1.82) is 0 Å². The first kappa shape index (κ1) is 13.5. The average molecular weight is 267 g/mol. The van der Waals surface area contributed by atoms with Gasteiger partial charge in [-0.3, -0.25) is 19.1 Å². The molecule has 0 aromatic carbocycles. The monoisotopic (exact) mass is 267 g/mol. The highest BCUT2D eigenvalue weighted by atomic mass is 16.3. The topological polar surface area (TPSA) is 95.4 Å². The molecule has 1 unspecified atom stereocenters. The number of nitrogens with zero attached hydrogens (tertiary/aromatic N) is 2. The number of likely N-dealkylation sites (tertiary alicyclic amines) is 1. The zero-order valence-electron chi connectivity index (χ0n) is 10.8. The average Bonchev–Trinajstić information content (AvgIpc) is 2.31. The van der Waals surface area contributed by atoms with Gasteiger partial charge < -0.3 is 10.0 Å². The summed E-state index contributed by atoms with van der Waals surface area (Å²) in [6, 6.07) is 1.20. The molecular weight excluding hydrogens is 250 g/mol. The minimum absolute atomic E-state index is 0.133. The highest BCUT2D eigenvalue weighted by Gasteiger charge is 2.30. The molecule has 0 radical (unpaired) electrons. The second kappa shape index (κ2) is 5.00. The summed E-state index contributed by atoms with van der Waals surface area (Å²) in [7, 11) is 0. The largest absolute Gasteiger partial charge is 0.388 e. The van der Waals surface area contributed by atoms with E-state index in [1.54, 1.807) is 11.8 Å². The van der Waals surface area contributed by atoms with Crippen molar-refractivity contribution in [3.63, 3.8) is 0 Å². The molecule has 7 nitrogen and oxygen atoms in total. The van der Waals surface area contributed by atoms with Crippen molar-refractivity contribution in [1.82, 2.24) is 14.5 Å². The molecule has 1 aliphatic rings. The molecule has 2 N–H and O–H groups in total. The van der Waals surface area contributed by atoms with Gasteiger partial charge in [0.2, 0.25) is 5.91 Å². The van der Waals surface area contributed by atoms with Crippen LogP contribution >= 0.6 is 0 Å². The first-order valence-electron chi connectivity index (χ1n) is 6.17. The van der Waals surface area contributed by atoms with Crippen molar-refractivity contribution in [3.05, 3.63) is 33.1 Å². The number of carbonyl (C=O) groups excluding carboxylic acids is 1. The summed E-state index contributed by atoms with van der Waals surface area (Å²) in [6.45, 7) is 2.40. The van der Waals surface area contributed by atoms with E-state index in [0.29, 0.717) is 13.0 Å². The summed E-state index contributed by atoms with van der Waals surface area (Å²) in [6.07, 6.45) is 2.69. The van der Waals surface area contributed by atoms with Crippen LogP contribution < -0.4 is 11.2 Å². The summed E-state index contributed by atoms with van der Waals surface area (Å²) in [4.78, 5) is 38.1. The highest BCUT2D eigenvalue weighted by molar-refractivity contribution is 5.76. The Hall–Kier alpha value is -1.89. The first-order chi connectivity index (χ1) is 8.87. The Balaban J connectivity index is 2.09. The fourth-order valence-corrected chi connectivity index (χ4v) is 2.25. The van der Waals surface area contributed by atoms with E-state index in [0.717, 1.165) is 11.0 Å². The fourth-order valence-electron chi connectivity index (χ4n) is 2.25. The number of rotatable bonds is 2. The van der Waals surface area contributed by atoms with E-state index in [9.17, 15) is 19.5 Å². The van der Waals surface area contributed by atoms with E-state index in [1.807, 2.05) is 0 Å². The number of hydrogen-bond acceptors (Lipinski definition) is 4. The van der Waals surface area contributed by atoms with Crippen LogP contribution in [-0.4, -0.2) is 44.2 Å². The molecule has 1 aromatic heterocycles. The van der Waals surface area contributed by atoms with Crippen LogP contribution in [0, 0.1) is 0 Å². The maximum absolute atomic E-state index is 12.1. The van der Waals surface area contributed by atoms with Gasteiger partial charge in [-0.1, -0.05) is 0 Å². The van der Waals surface area contributed by atoms with E-state index in [1.165, 1.54) is 12.3 Å². The third-order valence-corrected chi connectivity index (χ3v) is 3.23. The fraction of sp³-hybridized carbons (Fsp3) is 0.583. The maximum Gasteiger partial charge on any atom is 0.328 e. The van der Waals surface area contributed by atoms with E-state index < -0.39 is 16.9 Å². The molecule has 0 saturated carbocycles. The number of piperidine rings is 1. The second-order valence-electron chi connectivity index (χ2n) is 5.15. The molecule has 0 aliphatic carbocycles. The molecule has 104 valence electrons. The Labute approximate surface area is 109 Å². The summed E-state index contributed by atoms with van der Waals surface area (Å²) in [5.41, 5.74) is -1.97. The van der Waals surface area contributed by atoms with Crippen LogP contribution in [0.1, 0.15) is 19.8 Å². The lowest BCUT2D eigenvalue weighted by Crippen LogP contribution is -2.50. The Morgan fingerprint density at radius 1 is 1.53 bits per heavy atom. The minimum atomic E-state index is -0.871. The third-order valence-electron chi connectivity index (χ3n) is 3.23. The van der Waals surface area contributed by atoms with Gasteiger partial charge in [-0.05, 0) is 19.8 Å². The smallest absolute Gasteiger partial charge is 0.328 e. The molecule has 1 fully saturated rings. The summed E-state index contributed by atoms with van der Waals surface area (Å²) in [5, 5.41) is 9.94. The van der Waals surface area contributed by atoms with E-state index in [4.69, 9.17) is 0 Å². The van der Waals surface area contributed by atoms with Gasteiger partial charge in [0, 0.05) is 25.4 Å². The van der Waals surface area contributed by atoms with Crippen molar-refractivity contribution < 1.29 is 9.90 Å². The van der Waals surface area contributed by atoms with Crippen LogP contribution in [0.2, 0.25) is 0 Å². The van der Waals surface area contributed by atoms with Crippen LogP contribution in [-0.2, 0) is 11.3 Å². The standard InChI is InChI=1S/C12H17N3O4/c1-12(19)4-2-5-15(8-12)10(17)7-14-6-3-9(16)13-11(14)18/h3,6,19H,2,4-5,7-8H2,1H3,(H,13,16,18). The molecular formula is C12H17N3O4. The molecule has 1 aliphatic heterocycles. The van der Waals surface area contributed by atoms with Crippen LogP contribution in [0.25, 0.3) is 0 Å².